The van der Waals surface area contributed by atoms with E-state index >= 15 is 0 Å². The Morgan fingerprint density at radius 2 is 1.83 bits per heavy atom. The Morgan fingerprint density at radius 3 is 2.46 bits per heavy atom. The Labute approximate surface area is 200 Å². The molecule has 0 fully saturated rings. The molecular weight excluding hydrogens is 469 g/mol. The molecule has 35 heavy (non-hydrogen) atoms. The molecule has 0 bridgehead atoms. The number of hydrogen-bond acceptors (Lipinski definition) is 6. The summed E-state index contributed by atoms with van der Waals surface area (Å²) in [6.07, 6.45) is -4.55. The lowest BCUT2D eigenvalue weighted by molar-refractivity contribution is -0.139. The molecule has 11 heteroatoms. The number of amides is 2. The third-order valence-corrected chi connectivity index (χ3v) is 5.36. The Hall–Kier alpha value is -3.89. The number of esters is 1. The van der Waals surface area contributed by atoms with Crippen molar-refractivity contribution in [2.75, 3.05) is 34.5 Å². The first-order chi connectivity index (χ1) is 16.6. The molecule has 2 aromatic carbocycles. The minimum absolute atomic E-state index is 0.0486. The van der Waals surface area contributed by atoms with Crippen LogP contribution in [0.4, 0.5) is 18.0 Å². The third-order valence-electron chi connectivity index (χ3n) is 5.36. The van der Waals surface area contributed by atoms with Crippen LogP contribution in [0.25, 0.3) is 0 Å². The lowest BCUT2D eigenvalue weighted by Crippen LogP contribution is -2.48. The molecule has 0 aliphatic carbocycles. The van der Waals surface area contributed by atoms with Gasteiger partial charge in [-0.3, -0.25) is 4.90 Å². The van der Waals surface area contributed by atoms with Gasteiger partial charge in [0.05, 0.1) is 43.7 Å². The van der Waals surface area contributed by atoms with Gasteiger partial charge in [0.25, 0.3) is 0 Å². The van der Waals surface area contributed by atoms with E-state index in [-0.39, 0.29) is 30.2 Å². The van der Waals surface area contributed by atoms with Gasteiger partial charge in [0.15, 0.2) is 0 Å². The first kappa shape index (κ1) is 25.7. The summed E-state index contributed by atoms with van der Waals surface area (Å²) in [5.74, 6) is 0.0295. The smallest absolute Gasteiger partial charge is 0.416 e. The lowest BCUT2D eigenvalue weighted by Gasteiger charge is -2.35. The Balaban J connectivity index is 2.09. The fraction of sp³-hybridized carbons (Fsp3) is 0.333. The molecule has 0 unspecified atom stereocenters. The van der Waals surface area contributed by atoms with E-state index in [2.05, 4.69) is 5.32 Å². The Kier molecular flexibility index (Phi) is 7.78. The topological polar surface area (TPSA) is 86.3 Å². The predicted octanol–water partition coefficient (Wildman–Crippen LogP) is 4.31. The summed E-state index contributed by atoms with van der Waals surface area (Å²) in [6, 6.07) is 7.66. The number of alkyl halides is 3. The van der Waals surface area contributed by atoms with Gasteiger partial charge in [-0.25, -0.2) is 9.59 Å². The first-order valence-electron chi connectivity index (χ1n) is 10.6. The van der Waals surface area contributed by atoms with Gasteiger partial charge < -0.3 is 24.3 Å². The van der Waals surface area contributed by atoms with Crippen LogP contribution in [0.1, 0.15) is 24.1 Å². The van der Waals surface area contributed by atoms with Gasteiger partial charge in [-0.15, -0.1) is 0 Å². The molecule has 1 aliphatic rings. The van der Waals surface area contributed by atoms with Crippen molar-refractivity contribution in [2.24, 2.45) is 0 Å². The number of methoxy groups -OCH3 is 2. The second-order valence-electron chi connectivity index (χ2n) is 7.44. The molecule has 0 spiro atoms. The number of urea groups is 1. The van der Waals surface area contributed by atoms with Crippen LogP contribution in [0.2, 0.25) is 0 Å². The lowest BCUT2D eigenvalue weighted by atomic mass is 9.93. The molecule has 1 aliphatic heterocycles. The van der Waals surface area contributed by atoms with Crippen LogP contribution in [0.15, 0.2) is 53.7 Å². The van der Waals surface area contributed by atoms with E-state index in [0.29, 0.717) is 17.1 Å². The Bertz CT molecular complexity index is 1130. The zero-order valence-corrected chi connectivity index (χ0v) is 19.6. The van der Waals surface area contributed by atoms with Crippen LogP contribution in [-0.2, 0) is 15.7 Å². The van der Waals surface area contributed by atoms with Crippen LogP contribution in [0.5, 0.6) is 17.2 Å². The molecule has 1 heterocycles. The van der Waals surface area contributed by atoms with Gasteiger partial charge in [0, 0.05) is 12.6 Å². The van der Waals surface area contributed by atoms with Crippen LogP contribution in [0, 0.1) is 0 Å². The molecule has 0 aromatic heterocycles. The highest BCUT2D eigenvalue weighted by molar-refractivity contribution is 5.95. The molecule has 0 saturated carbocycles. The van der Waals surface area contributed by atoms with Gasteiger partial charge in [-0.05, 0) is 43.3 Å². The van der Waals surface area contributed by atoms with Crippen LogP contribution >= 0.6 is 0 Å². The summed E-state index contributed by atoms with van der Waals surface area (Å²) < 4.78 is 60.8. The summed E-state index contributed by atoms with van der Waals surface area (Å²) in [5.41, 5.74) is -0.289. The van der Waals surface area contributed by atoms with E-state index in [1.807, 2.05) is 0 Å². The quantitative estimate of drug-likeness (QED) is 0.551. The number of benzene rings is 2. The summed E-state index contributed by atoms with van der Waals surface area (Å²) in [7, 11) is 4.32. The zero-order valence-electron chi connectivity index (χ0n) is 19.6. The fourth-order valence-corrected chi connectivity index (χ4v) is 3.59. The number of carbonyl (C=O) groups is 2. The number of likely N-dealkylation sites (N-methyl/N-ethyl adjacent to an activating group) is 1. The average Bonchev–Trinajstić information content (AvgIpc) is 2.83. The van der Waals surface area contributed by atoms with E-state index in [1.54, 1.807) is 25.1 Å². The predicted molar refractivity (Wildman–Crippen MR) is 119 cm³/mol. The number of halogens is 3. The molecule has 1 N–H and O–H groups in total. The standard InChI is InChI=1S/C24H25F3N2O6/c1-5-34-22(30)20-18(13-35-16-8-6-7-14(11-16)24(25,26)27)29(2)23(31)28-21(20)17-12-15(32-3)9-10-19(17)33-4/h6-12,21H,5,13H2,1-4H3,(H,28,31)/t21-/m1/s1. The van der Waals surface area contributed by atoms with E-state index in [4.69, 9.17) is 18.9 Å². The second-order valence-corrected chi connectivity index (χ2v) is 7.44. The van der Waals surface area contributed by atoms with E-state index in [0.717, 1.165) is 17.0 Å². The molecule has 2 aromatic rings. The number of carbonyl (C=O) groups excluding carboxylic acids is 2. The van der Waals surface area contributed by atoms with Crippen molar-refractivity contribution in [3.05, 3.63) is 64.9 Å². The Morgan fingerprint density at radius 1 is 1.09 bits per heavy atom. The maximum absolute atomic E-state index is 13.1. The van der Waals surface area contributed by atoms with E-state index < -0.39 is 29.8 Å². The normalized spacial score (nSPS) is 16.0. The van der Waals surface area contributed by atoms with E-state index in [1.165, 1.54) is 33.4 Å². The molecule has 0 radical (unpaired) electrons. The van der Waals surface area contributed by atoms with Crippen LogP contribution in [-0.4, -0.2) is 51.4 Å². The number of rotatable bonds is 8. The highest BCUT2D eigenvalue weighted by Gasteiger charge is 2.38. The molecule has 1 atom stereocenters. The van der Waals surface area contributed by atoms with Gasteiger partial charge >= 0.3 is 18.2 Å². The summed E-state index contributed by atoms with van der Waals surface area (Å²) in [5, 5.41) is 2.74. The van der Waals surface area contributed by atoms with Crippen molar-refractivity contribution in [1.82, 2.24) is 10.2 Å². The highest BCUT2D eigenvalue weighted by atomic mass is 19.4. The molecule has 2 amide bonds. The van der Waals surface area contributed by atoms with Crippen LogP contribution < -0.4 is 19.5 Å². The van der Waals surface area contributed by atoms with Gasteiger partial charge in [-0.2, -0.15) is 13.2 Å². The van der Waals surface area contributed by atoms with Crippen molar-refractivity contribution < 1.29 is 41.7 Å². The fourth-order valence-electron chi connectivity index (χ4n) is 3.59. The summed E-state index contributed by atoms with van der Waals surface area (Å²) in [4.78, 5) is 27.0. The van der Waals surface area contributed by atoms with Gasteiger partial charge in [0.1, 0.15) is 23.9 Å². The van der Waals surface area contributed by atoms with E-state index in [9.17, 15) is 22.8 Å². The second kappa shape index (κ2) is 10.6. The van der Waals surface area contributed by atoms with Crippen molar-refractivity contribution in [2.45, 2.75) is 19.1 Å². The molecule has 8 nitrogen and oxygen atoms in total. The maximum atomic E-state index is 13.1. The van der Waals surface area contributed by atoms with Crippen LogP contribution in [0.3, 0.4) is 0 Å². The largest absolute Gasteiger partial charge is 0.497 e. The monoisotopic (exact) mass is 494 g/mol. The molecule has 0 saturated heterocycles. The van der Waals surface area contributed by atoms with Gasteiger partial charge in [0.2, 0.25) is 0 Å². The molecule has 3 rings (SSSR count). The van der Waals surface area contributed by atoms with Crippen molar-refractivity contribution in [3.8, 4) is 17.2 Å². The van der Waals surface area contributed by atoms with Crippen molar-refractivity contribution in [1.29, 1.82) is 0 Å². The zero-order chi connectivity index (χ0) is 25.8. The number of nitrogens with one attached hydrogen (secondary N) is 1. The SMILES string of the molecule is CCOC(=O)C1=C(COc2cccc(C(F)(F)F)c2)N(C)C(=O)N[C@@H]1c1cc(OC)ccc1OC. The van der Waals surface area contributed by atoms with Gasteiger partial charge in [-0.1, -0.05) is 6.07 Å². The first-order valence-corrected chi connectivity index (χ1v) is 10.6. The van der Waals surface area contributed by atoms with Crippen molar-refractivity contribution >= 4 is 12.0 Å². The highest BCUT2D eigenvalue weighted by Crippen LogP contribution is 2.38. The van der Waals surface area contributed by atoms with Crippen molar-refractivity contribution in [3.63, 3.8) is 0 Å². The minimum atomic E-state index is -4.55. The molecular formula is C24H25F3N2O6. The average molecular weight is 494 g/mol. The summed E-state index contributed by atoms with van der Waals surface area (Å²) in [6.45, 7) is 1.31. The maximum Gasteiger partial charge on any atom is 0.416 e. The number of hydrogen-bond donors (Lipinski definition) is 1. The number of ether oxygens (including phenoxy) is 4. The number of nitrogens with zero attached hydrogens (tertiary/aromatic N) is 1. The molecule has 188 valence electrons. The third kappa shape index (κ3) is 5.61. The summed E-state index contributed by atoms with van der Waals surface area (Å²) >= 11 is 0. The minimum Gasteiger partial charge on any atom is -0.497 e.